The van der Waals surface area contributed by atoms with E-state index in [0.29, 0.717) is 5.75 Å². The number of nitrogens with two attached hydrogens (primary N) is 2. The lowest BCUT2D eigenvalue weighted by atomic mass is 10.0. The molecular formula is C18H18N4O2. The lowest BCUT2D eigenvalue weighted by Gasteiger charge is -2.05. The van der Waals surface area contributed by atoms with Gasteiger partial charge in [-0.1, -0.05) is 30.3 Å². The van der Waals surface area contributed by atoms with Crippen molar-refractivity contribution < 1.29 is 9.15 Å². The van der Waals surface area contributed by atoms with Gasteiger partial charge < -0.3 is 20.6 Å². The number of nitrogens with zero attached hydrogens (tertiary/aromatic N) is 2. The first-order valence-corrected chi connectivity index (χ1v) is 7.38. The highest BCUT2D eigenvalue weighted by Crippen LogP contribution is 2.37. The first-order valence-electron chi connectivity index (χ1n) is 7.38. The van der Waals surface area contributed by atoms with Crippen LogP contribution in [0.2, 0.25) is 0 Å². The Kier molecular flexibility index (Phi) is 4.20. The Hall–Kier alpha value is -3.28. The van der Waals surface area contributed by atoms with Crippen molar-refractivity contribution in [1.29, 1.82) is 0 Å². The third-order valence-electron chi connectivity index (χ3n) is 3.65. The van der Waals surface area contributed by atoms with Crippen LogP contribution in [0.1, 0.15) is 11.3 Å². The summed E-state index contributed by atoms with van der Waals surface area (Å²) >= 11 is 0. The Bertz CT molecular complexity index is 923. The first kappa shape index (κ1) is 15.6. The molecule has 0 amide bonds. The minimum absolute atomic E-state index is 0.105. The summed E-state index contributed by atoms with van der Waals surface area (Å²) in [4.78, 5) is 0. The number of aryl methyl sites for hydroxylation is 1. The first-order chi connectivity index (χ1) is 11.6. The van der Waals surface area contributed by atoms with Crippen LogP contribution in [-0.4, -0.2) is 19.3 Å². The Labute approximate surface area is 139 Å². The van der Waals surface area contributed by atoms with Gasteiger partial charge in [-0.25, -0.2) is 0 Å². The normalized spacial score (nSPS) is 11.1. The van der Waals surface area contributed by atoms with Crippen LogP contribution in [0.3, 0.4) is 0 Å². The van der Waals surface area contributed by atoms with Crippen LogP contribution >= 0.6 is 0 Å². The standard InChI is InChI=1S/C18H18N4O2/c1-11-17(12-6-4-3-5-7-12)14-9-15(23-2)13(8-16(14)24-11)10-21-22-18(19)20/h3-10H,1-2H3,(H4,19,20,22). The second kappa shape index (κ2) is 6.45. The SMILES string of the molecule is COc1cc2c(-c3ccccc3)c(C)oc2cc1C=NN=C(N)N. The molecular weight excluding hydrogens is 304 g/mol. The molecule has 0 bridgehead atoms. The van der Waals surface area contributed by atoms with E-state index in [1.165, 1.54) is 6.21 Å². The van der Waals surface area contributed by atoms with Gasteiger partial charge in [0.25, 0.3) is 0 Å². The van der Waals surface area contributed by atoms with Crippen molar-refractivity contribution >= 4 is 23.1 Å². The molecule has 0 fully saturated rings. The molecule has 3 aromatic rings. The number of ether oxygens (including phenoxy) is 1. The van der Waals surface area contributed by atoms with Crippen molar-refractivity contribution in [3.05, 3.63) is 53.8 Å². The minimum atomic E-state index is -0.105. The molecule has 24 heavy (non-hydrogen) atoms. The summed E-state index contributed by atoms with van der Waals surface area (Å²) in [5.74, 6) is 1.40. The molecule has 0 aliphatic heterocycles. The van der Waals surface area contributed by atoms with Crippen molar-refractivity contribution in [3.63, 3.8) is 0 Å². The van der Waals surface area contributed by atoms with Gasteiger partial charge in [0, 0.05) is 16.5 Å². The van der Waals surface area contributed by atoms with Crippen molar-refractivity contribution in [1.82, 2.24) is 0 Å². The second-order valence-corrected chi connectivity index (χ2v) is 5.26. The molecule has 1 aromatic heterocycles. The van der Waals surface area contributed by atoms with E-state index in [1.54, 1.807) is 7.11 Å². The lowest BCUT2D eigenvalue weighted by Crippen LogP contribution is -2.21. The number of guanidine groups is 1. The van der Waals surface area contributed by atoms with Crippen LogP contribution in [0.15, 0.2) is 57.1 Å². The zero-order chi connectivity index (χ0) is 17.1. The van der Waals surface area contributed by atoms with Gasteiger partial charge in [0.05, 0.1) is 13.3 Å². The number of methoxy groups -OCH3 is 1. The highest BCUT2D eigenvalue weighted by atomic mass is 16.5. The van der Waals surface area contributed by atoms with E-state index in [4.69, 9.17) is 20.6 Å². The molecule has 0 atom stereocenters. The zero-order valence-electron chi connectivity index (χ0n) is 13.5. The predicted octanol–water partition coefficient (Wildman–Crippen LogP) is 3.02. The van der Waals surface area contributed by atoms with Crippen LogP contribution in [0, 0.1) is 6.92 Å². The van der Waals surface area contributed by atoms with Crippen molar-refractivity contribution in [2.75, 3.05) is 7.11 Å². The van der Waals surface area contributed by atoms with Crippen LogP contribution in [0.25, 0.3) is 22.1 Å². The van der Waals surface area contributed by atoms with E-state index in [1.807, 2.05) is 37.3 Å². The molecule has 4 N–H and O–H groups in total. The highest BCUT2D eigenvalue weighted by molar-refractivity contribution is 6.00. The summed E-state index contributed by atoms with van der Waals surface area (Å²) in [6.45, 7) is 1.95. The molecule has 0 saturated heterocycles. The molecule has 0 saturated carbocycles. The summed E-state index contributed by atoms with van der Waals surface area (Å²) in [6.07, 6.45) is 1.53. The molecule has 122 valence electrons. The van der Waals surface area contributed by atoms with Gasteiger partial charge in [0.1, 0.15) is 17.1 Å². The molecule has 0 unspecified atom stereocenters. The fraction of sp³-hybridized carbons (Fsp3) is 0.111. The number of rotatable bonds is 4. The van der Waals surface area contributed by atoms with Crippen LogP contribution in [0.4, 0.5) is 0 Å². The fourth-order valence-corrected chi connectivity index (χ4v) is 2.66. The maximum atomic E-state index is 5.92. The zero-order valence-corrected chi connectivity index (χ0v) is 13.5. The van der Waals surface area contributed by atoms with E-state index < -0.39 is 0 Å². The maximum Gasteiger partial charge on any atom is 0.211 e. The average molecular weight is 322 g/mol. The molecule has 6 nitrogen and oxygen atoms in total. The molecule has 0 radical (unpaired) electrons. The van der Waals surface area contributed by atoms with Gasteiger partial charge in [-0.3, -0.25) is 0 Å². The average Bonchev–Trinajstić information content (AvgIpc) is 2.89. The molecule has 0 aliphatic rings. The smallest absolute Gasteiger partial charge is 0.211 e. The maximum absolute atomic E-state index is 5.92. The van der Waals surface area contributed by atoms with Crippen molar-refractivity contribution in [2.24, 2.45) is 21.7 Å². The van der Waals surface area contributed by atoms with Gasteiger partial charge in [0.15, 0.2) is 0 Å². The summed E-state index contributed by atoms with van der Waals surface area (Å²) in [5.41, 5.74) is 14.2. The van der Waals surface area contributed by atoms with Crippen LogP contribution < -0.4 is 16.2 Å². The summed E-state index contributed by atoms with van der Waals surface area (Å²) < 4.78 is 11.4. The Morgan fingerprint density at radius 2 is 1.92 bits per heavy atom. The van der Waals surface area contributed by atoms with E-state index in [-0.39, 0.29) is 5.96 Å². The molecule has 1 heterocycles. The van der Waals surface area contributed by atoms with Crippen LogP contribution in [-0.2, 0) is 0 Å². The van der Waals surface area contributed by atoms with Crippen molar-refractivity contribution in [2.45, 2.75) is 6.92 Å². The van der Waals surface area contributed by atoms with E-state index >= 15 is 0 Å². The minimum Gasteiger partial charge on any atom is -0.496 e. The van der Waals surface area contributed by atoms with Gasteiger partial charge in [-0.05, 0) is 24.6 Å². The van der Waals surface area contributed by atoms with E-state index in [0.717, 1.165) is 33.4 Å². The highest BCUT2D eigenvalue weighted by Gasteiger charge is 2.15. The molecule has 6 heteroatoms. The Morgan fingerprint density at radius 1 is 1.17 bits per heavy atom. The summed E-state index contributed by atoms with van der Waals surface area (Å²) in [6, 6.07) is 13.9. The van der Waals surface area contributed by atoms with Gasteiger partial charge in [-0.15, -0.1) is 5.10 Å². The second-order valence-electron chi connectivity index (χ2n) is 5.26. The number of hydrogen-bond acceptors (Lipinski definition) is 4. The monoisotopic (exact) mass is 322 g/mol. The number of benzene rings is 2. The van der Waals surface area contributed by atoms with Crippen molar-refractivity contribution in [3.8, 4) is 16.9 Å². The lowest BCUT2D eigenvalue weighted by molar-refractivity contribution is 0.414. The molecule has 0 aliphatic carbocycles. The number of fused-ring (bicyclic) bond motifs is 1. The van der Waals surface area contributed by atoms with Gasteiger partial charge in [-0.2, -0.15) is 5.10 Å². The fourth-order valence-electron chi connectivity index (χ4n) is 2.66. The number of furan rings is 1. The largest absolute Gasteiger partial charge is 0.496 e. The quantitative estimate of drug-likeness (QED) is 0.438. The topological polar surface area (TPSA) is 99.1 Å². The summed E-state index contributed by atoms with van der Waals surface area (Å²) in [5, 5.41) is 8.42. The van der Waals surface area contributed by atoms with Crippen LogP contribution in [0.5, 0.6) is 5.75 Å². The number of hydrogen-bond donors (Lipinski definition) is 2. The Morgan fingerprint density at radius 3 is 2.58 bits per heavy atom. The third-order valence-corrected chi connectivity index (χ3v) is 3.65. The molecule has 3 rings (SSSR count). The van der Waals surface area contributed by atoms with Gasteiger partial charge >= 0.3 is 0 Å². The summed E-state index contributed by atoms with van der Waals surface area (Å²) in [7, 11) is 1.61. The van der Waals surface area contributed by atoms with E-state index in [9.17, 15) is 0 Å². The predicted molar refractivity (Wildman–Crippen MR) is 96.3 cm³/mol. The molecule has 2 aromatic carbocycles. The van der Waals surface area contributed by atoms with E-state index in [2.05, 4.69) is 22.3 Å². The Balaban J connectivity index is 2.17. The van der Waals surface area contributed by atoms with Gasteiger partial charge in [0.2, 0.25) is 5.96 Å². The molecule has 0 spiro atoms. The third kappa shape index (κ3) is 2.94.